The fourth-order valence-corrected chi connectivity index (χ4v) is 5.17. The summed E-state index contributed by atoms with van der Waals surface area (Å²) in [5, 5.41) is 2.50. The second-order valence-corrected chi connectivity index (χ2v) is 9.25. The molecule has 0 aromatic heterocycles. The molecule has 140 valence electrons. The van der Waals surface area contributed by atoms with Crippen LogP contribution in [0.5, 0.6) is 0 Å². The monoisotopic (exact) mass is 425 g/mol. The zero-order valence-corrected chi connectivity index (χ0v) is 17.5. The van der Waals surface area contributed by atoms with Crippen molar-refractivity contribution in [2.45, 2.75) is 37.4 Å². The van der Waals surface area contributed by atoms with E-state index in [0.717, 1.165) is 37.5 Å². The van der Waals surface area contributed by atoms with Gasteiger partial charge in [0.05, 0.1) is 6.07 Å². The third-order valence-corrected chi connectivity index (χ3v) is 6.53. The third kappa shape index (κ3) is 3.08. The zero-order valence-electron chi connectivity index (χ0n) is 15.9. The van der Waals surface area contributed by atoms with Crippen molar-refractivity contribution in [1.82, 2.24) is 4.58 Å². The molecule has 5 rings (SSSR count). The largest absolute Gasteiger partial charge is 0.456 e. The maximum atomic E-state index is 6.46. The Bertz CT molecular complexity index is 1020. The third-order valence-electron chi connectivity index (χ3n) is 6.07. The van der Waals surface area contributed by atoms with Gasteiger partial charge in [-0.3, -0.25) is 0 Å². The topological polar surface area (TPSA) is 19.4 Å². The molecule has 0 N–H and O–H groups in total. The van der Waals surface area contributed by atoms with Gasteiger partial charge in [-0.1, -0.05) is 15.9 Å². The van der Waals surface area contributed by atoms with Crippen molar-refractivity contribution in [1.29, 1.82) is 0 Å². The van der Waals surface area contributed by atoms with Gasteiger partial charge in [0.15, 0.2) is 0 Å². The predicted molar refractivity (Wildman–Crippen MR) is 116 cm³/mol. The minimum Gasteiger partial charge on any atom is -0.456 e. The molecule has 0 radical (unpaired) electrons. The molecule has 1 unspecified atom stereocenters. The maximum absolute atomic E-state index is 6.46. The molecule has 3 aliphatic heterocycles. The van der Waals surface area contributed by atoms with Crippen LogP contribution in [0, 0.1) is 0 Å². The standard InChI is InChI=1S/C23H26BrN2O/c1-16(24)23-19-8-6-17(25-10-2-3-11-25)14-21(19)27-22-15-18(7-9-20(22)23)26-12-4-5-13-26/h6-9,14-16H,2-5,10-13H2,1H3/q+1. The number of hydrogen-bond acceptors (Lipinski definition) is 2. The molecule has 2 fully saturated rings. The first kappa shape index (κ1) is 17.3. The van der Waals surface area contributed by atoms with E-state index in [4.69, 9.17) is 4.42 Å². The Labute approximate surface area is 168 Å². The number of halogens is 1. The van der Waals surface area contributed by atoms with E-state index in [1.807, 2.05) is 0 Å². The highest BCUT2D eigenvalue weighted by molar-refractivity contribution is 9.09. The molecule has 1 aromatic carbocycles. The van der Waals surface area contributed by atoms with E-state index in [9.17, 15) is 0 Å². The number of alkyl halides is 1. The summed E-state index contributed by atoms with van der Waals surface area (Å²) in [5.41, 5.74) is 4.81. The Morgan fingerprint density at radius 1 is 1.00 bits per heavy atom. The summed E-state index contributed by atoms with van der Waals surface area (Å²) in [7, 11) is 0. The summed E-state index contributed by atoms with van der Waals surface area (Å²) in [6, 6.07) is 13.5. The SMILES string of the molecule is CC(Br)c1c2ccc(=[N+]3CCCC3)cc-2oc2cc(N3CCCC3)ccc12. The molecular formula is C23H26BrN2O+. The lowest BCUT2D eigenvalue weighted by atomic mass is 9.97. The molecular weight excluding hydrogens is 400 g/mol. The smallest absolute Gasteiger partial charge is 0.203 e. The number of benzene rings is 2. The molecule has 4 aliphatic rings. The van der Waals surface area contributed by atoms with Crippen molar-refractivity contribution >= 4 is 32.6 Å². The highest BCUT2D eigenvalue weighted by Gasteiger charge is 2.22. The highest BCUT2D eigenvalue weighted by atomic mass is 79.9. The van der Waals surface area contributed by atoms with Crippen LogP contribution in [0.3, 0.4) is 0 Å². The summed E-state index contributed by atoms with van der Waals surface area (Å²) in [6.07, 6.45) is 5.15. The van der Waals surface area contributed by atoms with Gasteiger partial charge in [-0.2, -0.15) is 0 Å². The van der Waals surface area contributed by atoms with Crippen molar-refractivity contribution in [3.63, 3.8) is 0 Å². The first-order valence-electron chi connectivity index (χ1n) is 10.2. The second kappa shape index (κ2) is 6.97. The van der Waals surface area contributed by atoms with Crippen molar-refractivity contribution in [3.8, 4) is 11.3 Å². The Kier molecular flexibility index (Phi) is 4.47. The minimum absolute atomic E-state index is 0.272. The van der Waals surface area contributed by atoms with Crippen molar-refractivity contribution in [2.75, 3.05) is 31.1 Å². The summed E-state index contributed by atoms with van der Waals surface area (Å²) in [6.45, 7) is 6.82. The van der Waals surface area contributed by atoms with E-state index in [2.05, 4.69) is 68.7 Å². The Hall–Kier alpha value is -1.81. The number of fused-ring (bicyclic) bond motifs is 2. The van der Waals surface area contributed by atoms with Gasteiger partial charge in [-0.25, -0.2) is 4.58 Å². The quantitative estimate of drug-likeness (QED) is 0.320. The van der Waals surface area contributed by atoms with Crippen LogP contribution in [0.2, 0.25) is 0 Å². The highest BCUT2D eigenvalue weighted by Crippen LogP contribution is 2.40. The molecule has 0 bridgehead atoms. The lowest BCUT2D eigenvalue weighted by Crippen LogP contribution is -2.26. The van der Waals surface area contributed by atoms with Gasteiger partial charge in [0.25, 0.3) is 0 Å². The average Bonchev–Trinajstić information content (AvgIpc) is 3.38. The van der Waals surface area contributed by atoms with E-state index in [-0.39, 0.29) is 4.83 Å². The van der Waals surface area contributed by atoms with E-state index >= 15 is 0 Å². The van der Waals surface area contributed by atoms with E-state index in [0.29, 0.717) is 0 Å². The maximum Gasteiger partial charge on any atom is 0.203 e. The number of anilines is 1. The number of hydrogen-bond donors (Lipinski definition) is 0. The van der Waals surface area contributed by atoms with Crippen molar-refractivity contribution < 1.29 is 4.42 Å². The first-order valence-corrected chi connectivity index (χ1v) is 11.1. The van der Waals surface area contributed by atoms with Gasteiger partial charge in [-0.05, 0) is 43.5 Å². The van der Waals surface area contributed by atoms with Crippen LogP contribution in [0.4, 0.5) is 5.69 Å². The normalized spacial score (nSPS) is 18.7. The summed E-state index contributed by atoms with van der Waals surface area (Å²) < 4.78 is 8.93. The van der Waals surface area contributed by atoms with Crippen LogP contribution < -0.4 is 14.8 Å². The van der Waals surface area contributed by atoms with Crippen LogP contribution >= 0.6 is 15.9 Å². The molecule has 1 aromatic rings. The minimum atomic E-state index is 0.272. The molecule has 3 heterocycles. The van der Waals surface area contributed by atoms with Crippen LogP contribution in [-0.4, -0.2) is 26.2 Å². The van der Waals surface area contributed by atoms with E-state index in [1.54, 1.807) is 0 Å². The van der Waals surface area contributed by atoms with Gasteiger partial charge >= 0.3 is 0 Å². The molecule has 3 nitrogen and oxygen atoms in total. The average molecular weight is 426 g/mol. The second-order valence-electron chi connectivity index (χ2n) is 7.88. The van der Waals surface area contributed by atoms with Crippen LogP contribution in [0.25, 0.3) is 22.3 Å². The number of nitrogens with zero attached hydrogens (tertiary/aromatic N) is 2. The lowest BCUT2D eigenvalue weighted by Gasteiger charge is -2.20. The molecule has 0 spiro atoms. The summed E-state index contributed by atoms with van der Waals surface area (Å²) >= 11 is 3.83. The van der Waals surface area contributed by atoms with Gasteiger partial charge in [-0.15, -0.1) is 0 Å². The molecule has 1 aliphatic carbocycles. The fourth-order valence-electron chi connectivity index (χ4n) is 4.67. The Morgan fingerprint density at radius 3 is 2.52 bits per heavy atom. The molecule has 4 heteroatoms. The molecule has 2 saturated heterocycles. The summed E-state index contributed by atoms with van der Waals surface area (Å²) in [5.74, 6) is 0.992. The molecule has 0 amide bonds. The van der Waals surface area contributed by atoms with Crippen LogP contribution in [0.1, 0.15) is 43.0 Å². The Balaban J connectivity index is 1.75. The zero-order chi connectivity index (χ0) is 18.4. The lowest BCUT2D eigenvalue weighted by molar-refractivity contribution is 0.612. The van der Waals surface area contributed by atoms with Gasteiger partial charge in [0.1, 0.15) is 24.4 Å². The van der Waals surface area contributed by atoms with Crippen molar-refractivity contribution in [3.05, 3.63) is 47.3 Å². The Morgan fingerprint density at radius 2 is 1.78 bits per heavy atom. The summed E-state index contributed by atoms with van der Waals surface area (Å²) in [4.78, 5) is 2.74. The van der Waals surface area contributed by atoms with E-state index in [1.165, 1.54) is 53.2 Å². The molecule has 0 saturated carbocycles. The molecule has 27 heavy (non-hydrogen) atoms. The predicted octanol–water partition coefficient (Wildman–Crippen LogP) is 5.16. The first-order chi connectivity index (χ1) is 13.2. The number of rotatable bonds is 2. The van der Waals surface area contributed by atoms with Gasteiger partial charge in [0, 0.05) is 59.5 Å². The van der Waals surface area contributed by atoms with Crippen LogP contribution in [-0.2, 0) is 0 Å². The van der Waals surface area contributed by atoms with Gasteiger partial charge in [0.2, 0.25) is 5.36 Å². The van der Waals surface area contributed by atoms with Crippen molar-refractivity contribution in [2.24, 2.45) is 0 Å². The molecule has 1 atom stereocenters. The van der Waals surface area contributed by atoms with Crippen LogP contribution in [0.15, 0.2) is 40.8 Å². The fraction of sp³-hybridized carbons (Fsp3) is 0.435. The van der Waals surface area contributed by atoms with Gasteiger partial charge < -0.3 is 9.32 Å². The van der Waals surface area contributed by atoms with E-state index < -0.39 is 0 Å².